The number of nitrogens with zero attached hydrogens (tertiary/aromatic N) is 1. The molecule has 0 aromatic rings. The molecule has 1 aliphatic carbocycles. The molecule has 0 radical (unpaired) electrons. The number of nitrogens with two attached hydrogens (primary N) is 1. The van der Waals surface area contributed by atoms with Gasteiger partial charge in [0, 0.05) is 5.41 Å². The topological polar surface area (TPSA) is 53.1 Å². The average Bonchev–Trinajstić information content (AvgIpc) is 2.39. The van der Waals surface area contributed by atoms with E-state index in [0.717, 1.165) is 13.0 Å². The smallest absolute Gasteiger partial charge is 0.0963 e. The molecule has 2 aliphatic rings. The van der Waals surface area contributed by atoms with Crippen LogP contribution in [0.2, 0.25) is 0 Å². The minimum absolute atomic E-state index is 0.139. The Balaban J connectivity index is 1.76. The molecule has 0 aromatic heterocycles. The van der Waals surface area contributed by atoms with Gasteiger partial charge in [0.1, 0.15) is 0 Å². The predicted molar refractivity (Wildman–Crippen MR) is 81.5 cm³/mol. The van der Waals surface area contributed by atoms with Gasteiger partial charge >= 0.3 is 0 Å². The summed E-state index contributed by atoms with van der Waals surface area (Å²) >= 11 is 0. The largest absolute Gasteiger partial charge is 0.387 e. The highest BCUT2D eigenvalue weighted by Crippen LogP contribution is 2.44. The summed E-state index contributed by atoms with van der Waals surface area (Å²) in [5.74, 6) is 0.327. The van der Waals surface area contributed by atoms with Crippen molar-refractivity contribution in [3.05, 3.63) is 0 Å². The molecule has 0 unspecified atom stereocenters. The summed E-state index contributed by atoms with van der Waals surface area (Å²) in [6.45, 7) is 7.79. The van der Waals surface area contributed by atoms with Gasteiger partial charge in [-0.2, -0.15) is 0 Å². The highest BCUT2D eigenvalue weighted by atomic mass is 15.1. The van der Waals surface area contributed by atoms with Gasteiger partial charge in [-0.25, -0.2) is 0 Å². The van der Waals surface area contributed by atoms with Gasteiger partial charge in [0.05, 0.1) is 5.84 Å². The lowest BCUT2D eigenvalue weighted by Gasteiger charge is -2.44. The zero-order valence-electron chi connectivity index (χ0n) is 12.8. The van der Waals surface area contributed by atoms with Gasteiger partial charge in [-0.1, -0.05) is 33.1 Å². The van der Waals surface area contributed by atoms with E-state index in [2.05, 4.69) is 18.7 Å². The van der Waals surface area contributed by atoms with E-state index in [1.807, 2.05) is 0 Å². The molecule has 1 heterocycles. The Morgan fingerprint density at radius 3 is 2.21 bits per heavy atom. The van der Waals surface area contributed by atoms with Crippen LogP contribution in [-0.2, 0) is 0 Å². The molecule has 3 heteroatoms. The van der Waals surface area contributed by atoms with Crippen LogP contribution >= 0.6 is 0 Å². The van der Waals surface area contributed by atoms with Crippen molar-refractivity contribution in [1.82, 2.24) is 4.90 Å². The second-order valence-electron chi connectivity index (χ2n) is 7.45. The van der Waals surface area contributed by atoms with Crippen LogP contribution in [-0.4, -0.2) is 30.4 Å². The number of hydrogen-bond acceptors (Lipinski definition) is 2. The first kappa shape index (κ1) is 14.8. The maximum Gasteiger partial charge on any atom is 0.0963 e. The highest BCUT2D eigenvalue weighted by Gasteiger charge is 2.35. The van der Waals surface area contributed by atoms with Crippen LogP contribution in [0.15, 0.2) is 0 Å². The Bertz CT molecular complexity index is 306. The van der Waals surface area contributed by atoms with Crippen LogP contribution in [0.5, 0.6) is 0 Å². The fourth-order valence-corrected chi connectivity index (χ4v) is 3.63. The Labute approximate surface area is 118 Å². The van der Waals surface area contributed by atoms with Gasteiger partial charge in [-0.05, 0) is 57.2 Å². The maximum atomic E-state index is 7.63. The zero-order valence-corrected chi connectivity index (χ0v) is 12.8. The molecule has 1 saturated carbocycles. The summed E-state index contributed by atoms with van der Waals surface area (Å²) in [7, 11) is 0. The number of piperidine rings is 1. The lowest BCUT2D eigenvalue weighted by molar-refractivity contribution is 0.0642. The summed E-state index contributed by atoms with van der Waals surface area (Å²) in [4.78, 5) is 2.59. The van der Waals surface area contributed by atoms with E-state index in [1.165, 1.54) is 58.0 Å². The molecule has 2 rings (SSSR count). The van der Waals surface area contributed by atoms with Crippen LogP contribution in [0.25, 0.3) is 0 Å². The maximum absolute atomic E-state index is 7.63. The molecule has 110 valence electrons. The molecule has 19 heavy (non-hydrogen) atoms. The first-order valence-electron chi connectivity index (χ1n) is 8.01. The quantitative estimate of drug-likeness (QED) is 0.605. The molecule has 1 aliphatic heterocycles. The zero-order chi connectivity index (χ0) is 13.9. The van der Waals surface area contributed by atoms with Crippen molar-refractivity contribution >= 4 is 5.84 Å². The molecule has 0 amide bonds. The van der Waals surface area contributed by atoms with Crippen molar-refractivity contribution in [3.63, 3.8) is 0 Å². The molecule has 1 saturated heterocycles. The SMILES string of the molecule is CC(C)(CCN1CCC2(CCCCC2)CC1)C(=N)N. The minimum Gasteiger partial charge on any atom is -0.387 e. The minimum atomic E-state index is -0.139. The van der Waals surface area contributed by atoms with Crippen LogP contribution in [0.4, 0.5) is 0 Å². The summed E-state index contributed by atoms with van der Waals surface area (Å²) in [6, 6.07) is 0. The Hall–Kier alpha value is -0.570. The Kier molecular flexibility index (Phi) is 4.54. The van der Waals surface area contributed by atoms with Crippen molar-refractivity contribution in [2.75, 3.05) is 19.6 Å². The second-order valence-corrected chi connectivity index (χ2v) is 7.45. The summed E-state index contributed by atoms with van der Waals surface area (Å²) in [5, 5.41) is 7.63. The van der Waals surface area contributed by atoms with Gasteiger partial charge in [0.2, 0.25) is 0 Å². The molecular formula is C16H31N3. The molecule has 0 aromatic carbocycles. The summed E-state index contributed by atoms with van der Waals surface area (Å²) < 4.78 is 0. The van der Waals surface area contributed by atoms with E-state index in [9.17, 15) is 0 Å². The fourth-order valence-electron chi connectivity index (χ4n) is 3.63. The fraction of sp³-hybridized carbons (Fsp3) is 0.938. The number of nitrogens with one attached hydrogen (secondary N) is 1. The standard InChI is InChI=1S/C16H31N3/c1-15(2,14(17)18)8-11-19-12-9-16(10-13-19)6-4-3-5-7-16/h3-13H2,1-2H3,(H3,17,18). The number of likely N-dealkylation sites (tertiary alicyclic amines) is 1. The average molecular weight is 265 g/mol. The van der Waals surface area contributed by atoms with E-state index in [4.69, 9.17) is 11.1 Å². The van der Waals surface area contributed by atoms with Gasteiger partial charge in [-0.3, -0.25) is 5.41 Å². The summed E-state index contributed by atoms with van der Waals surface area (Å²) in [6.07, 6.45) is 11.1. The van der Waals surface area contributed by atoms with Gasteiger partial charge in [0.25, 0.3) is 0 Å². The number of hydrogen-bond donors (Lipinski definition) is 2. The van der Waals surface area contributed by atoms with Crippen molar-refractivity contribution in [2.24, 2.45) is 16.6 Å². The second kappa shape index (κ2) is 5.82. The van der Waals surface area contributed by atoms with Crippen LogP contribution in [0.1, 0.15) is 65.2 Å². The molecule has 0 bridgehead atoms. The third-order valence-electron chi connectivity index (χ3n) is 5.61. The van der Waals surface area contributed by atoms with Crippen molar-refractivity contribution < 1.29 is 0 Å². The first-order valence-corrected chi connectivity index (χ1v) is 8.01. The predicted octanol–water partition coefficient (Wildman–Crippen LogP) is 3.38. The molecule has 3 N–H and O–H groups in total. The molecule has 1 spiro atoms. The third-order valence-corrected chi connectivity index (χ3v) is 5.61. The van der Waals surface area contributed by atoms with E-state index >= 15 is 0 Å². The van der Waals surface area contributed by atoms with Crippen molar-refractivity contribution in [2.45, 2.75) is 65.2 Å². The number of amidine groups is 1. The monoisotopic (exact) mass is 265 g/mol. The van der Waals surface area contributed by atoms with E-state index in [-0.39, 0.29) is 5.41 Å². The molecular weight excluding hydrogens is 234 g/mol. The van der Waals surface area contributed by atoms with E-state index in [1.54, 1.807) is 0 Å². The Morgan fingerprint density at radius 1 is 1.11 bits per heavy atom. The van der Waals surface area contributed by atoms with Gasteiger partial charge in [-0.15, -0.1) is 0 Å². The van der Waals surface area contributed by atoms with Gasteiger partial charge < -0.3 is 10.6 Å². The first-order chi connectivity index (χ1) is 8.94. The van der Waals surface area contributed by atoms with Crippen molar-refractivity contribution in [1.29, 1.82) is 5.41 Å². The normalized spacial score (nSPS) is 24.5. The van der Waals surface area contributed by atoms with E-state index < -0.39 is 0 Å². The molecule has 2 fully saturated rings. The van der Waals surface area contributed by atoms with Crippen LogP contribution < -0.4 is 5.73 Å². The molecule has 0 atom stereocenters. The van der Waals surface area contributed by atoms with E-state index in [0.29, 0.717) is 11.3 Å². The number of rotatable bonds is 4. The van der Waals surface area contributed by atoms with Crippen LogP contribution in [0.3, 0.4) is 0 Å². The lowest BCUT2D eigenvalue weighted by Crippen LogP contribution is -2.43. The Morgan fingerprint density at radius 2 is 1.68 bits per heavy atom. The summed E-state index contributed by atoms with van der Waals surface area (Å²) in [5.41, 5.74) is 6.22. The lowest BCUT2D eigenvalue weighted by atomic mass is 9.68. The highest BCUT2D eigenvalue weighted by molar-refractivity contribution is 5.82. The van der Waals surface area contributed by atoms with Crippen molar-refractivity contribution in [3.8, 4) is 0 Å². The molecule has 3 nitrogen and oxygen atoms in total. The van der Waals surface area contributed by atoms with Gasteiger partial charge in [0.15, 0.2) is 0 Å². The van der Waals surface area contributed by atoms with Crippen LogP contribution in [0, 0.1) is 16.2 Å². The third kappa shape index (κ3) is 3.71.